The van der Waals surface area contributed by atoms with Crippen molar-refractivity contribution in [2.75, 3.05) is 43.0 Å². The first-order valence-corrected chi connectivity index (χ1v) is 10.7. The third-order valence-electron chi connectivity index (χ3n) is 5.65. The molecule has 8 nitrogen and oxygen atoms in total. The fourth-order valence-electron chi connectivity index (χ4n) is 3.74. The molecule has 0 bridgehead atoms. The molecule has 4 rings (SSSR count). The van der Waals surface area contributed by atoms with Crippen molar-refractivity contribution in [2.45, 2.75) is 13.1 Å². The molecule has 2 aromatic heterocycles. The first-order chi connectivity index (χ1) is 15.6. The Kier molecular flexibility index (Phi) is 6.84. The molecule has 0 spiro atoms. The molecule has 1 saturated heterocycles. The van der Waals surface area contributed by atoms with Crippen LogP contribution in [0.1, 0.15) is 11.3 Å². The molecular formula is C23H29FN8. The lowest BCUT2D eigenvalue weighted by atomic mass is 10.2. The number of nitrogens with one attached hydrogen (secondary N) is 2. The molecule has 168 valence electrons. The van der Waals surface area contributed by atoms with Gasteiger partial charge in [-0.25, -0.2) is 9.37 Å². The molecule has 0 saturated carbocycles. The number of aryl methyl sites for hydroxylation is 1. The number of aliphatic imine (C=N–C) groups is 1. The highest BCUT2D eigenvalue weighted by molar-refractivity contribution is 5.79. The molecule has 1 aliphatic heterocycles. The minimum atomic E-state index is -0.203. The van der Waals surface area contributed by atoms with E-state index < -0.39 is 0 Å². The number of rotatable bonds is 6. The van der Waals surface area contributed by atoms with Gasteiger partial charge in [0.1, 0.15) is 11.6 Å². The van der Waals surface area contributed by atoms with Gasteiger partial charge in [-0.15, -0.1) is 0 Å². The van der Waals surface area contributed by atoms with E-state index in [0.29, 0.717) is 13.1 Å². The van der Waals surface area contributed by atoms with Crippen LogP contribution in [0.15, 0.2) is 59.9 Å². The Bertz CT molecular complexity index is 1040. The van der Waals surface area contributed by atoms with Gasteiger partial charge in [-0.1, -0.05) is 0 Å². The zero-order valence-electron chi connectivity index (χ0n) is 18.5. The maximum atomic E-state index is 13.2. The van der Waals surface area contributed by atoms with Crippen molar-refractivity contribution in [2.24, 2.45) is 12.0 Å². The maximum Gasteiger partial charge on any atom is 0.191 e. The lowest BCUT2D eigenvalue weighted by molar-refractivity contribution is 0.624. The van der Waals surface area contributed by atoms with E-state index in [2.05, 4.69) is 41.6 Å². The van der Waals surface area contributed by atoms with Crippen molar-refractivity contribution in [3.05, 3.63) is 71.9 Å². The highest BCUT2D eigenvalue weighted by atomic mass is 19.1. The standard InChI is InChI=1S/C23H29FN8/c1-25-23(28-17-21-8-10-29-30(21)2)27-16-18-7-9-26-22(15-18)32-13-11-31(12-14-32)20-5-3-19(24)4-6-20/h3-10,15H,11-14,16-17H2,1-2H3,(H2,25,27,28). The molecule has 1 fully saturated rings. The number of hydrogen-bond donors (Lipinski definition) is 2. The molecule has 32 heavy (non-hydrogen) atoms. The number of nitrogens with zero attached hydrogens (tertiary/aromatic N) is 6. The summed E-state index contributed by atoms with van der Waals surface area (Å²) in [5, 5.41) is 10.8. The van der Waals surface area contributed by atoms with Gasteiger partial charge in [-0.2, -0.15) is 5.10 Å². The SMILES string of the molecule is CN=C(NCc1ccnc(N2CCN(c3ccc(F)cc3)CC2)c1)NCc1ccnn1C. The molecule has 3 aromatic rings. The van der Waals surface area contributed by atoms with Gasteiger partial charge in [0.05, 0.1) is 12.2 Å². The van der Waals surface area contributed by atoms with Crippen molar-refractivity contribution in [1.29, 1.82) is 0 Å². The van der Waals surface area contributed by atoms with Crippen LogP contribution in [0.5, 0.6) is 0 Å². The van der Waals surface area contributed by atoms with Crippen molar-refractivity contribution < 1.29 is 4.39 Å². The fraction of sp³-hybridized carbons (Fsp3) is 0.348. The predicted molar refractivity (Wildman–Crippen MR) is 125 cm³/mol. The molecule has 1 aromatic carbocycles. The Morgan fingerprint density at radius 3 is 2.38 bits per heavy atom. The predicted octanol–water partition coefficient (Wildman–Crippen LogP) is 2.15. The molecule has 0 atom stereocenters. The highest BCUT2D eigenvalue weighted by Gasteiger charge is 2.18. The Morgan fingerprint density at radius 2 is 1.69 bits per heavy atom. The van der Waals surface area contributed by atoms with Crippen LogP contribution >= 0.6 is 0 Å². The summed E-state index contributed by atoms with van der Waals surface area (Å²) < 4.78 is 15.0. The Morgan fingerprint density at radius 1 is 0.969 bits per heavy atom. The van der Waals surface area contributed by atoms with Crippen LogP contribution in [0.4, 0.5) is 15.9 Å². The summed E-state index contributed by atoms with van der Waals surface area (Å²) in [6.07, 6.45) is 3.63. The minimum absolute atomic E-state index is 0.203. The van der Waals surface area contributed by atoms with Crippen molar-refractivity contribution in [1.82, 2.24) is 25.4 Å². The number of pyridine rings is 1. The lowest BCUT2D eigenvalue weighted by Gasteiger charge is -2.36. The van der Waals surface area contributed by atoms with Crippen molar-refractivity contribution in [3.8, 4) is 0 Å². The number of piperazine rings is 1. The first kappa shape index (κ1) is 21.6. The molecule has 0 unspecified atom stereocenters. The van der Waals surface area contributed by atoms with Crippen LogP contribution < -0.4 is 20.4 Å². The van der Waals surface area contributed by atoms with Crippen molar-refractivity contribution in [3.63, 3.8) is 0 Å². The molecular weight excluding hydrogens is 407 g/mol. The quantitative estimate of drug-likeness (QED) is 0.456. The third-order valence-corrected chi connectivity index (χ3v) is 5.65. The number of hydrogen-bond acceptors (Lipinski definition) is 5. The van der Waals surface area contributed by atoms with E-state index in [0.717, 1.165) is 54.9 Å². The van der Waals surface area contributed by atoms with Gasteiger partial charge in [-0.3, -0.25) is 9.67 Å². The van der Waals surface area contributed by atoms with Gasteiger partial charge in [0.2, 0.25) is 0 Å². The first-order valence-electron chi connectivity index (χ1n) is 10.7. The Balaban J connectivity index is 1.29. The molecule has 1 aliphatic rings. The van der Waals surface area contributed by atoms with Crippen LogP contribution in [0.3, 0.4) is 0 Å². The van der Waals surface area contributed by atoms with Crippen LogP contribution in [-0.2, 0) is 20.1 Å². The monoisotopic (exact) mass is 436 g/mol. The van der Waals surface area contributed by atoms with Crippen LogP contribution in [0.2, 0.25) is 0 Å². The average Bonchev–Trinajstić information content (AvgIpc) is 3.24. The summed E-state index contributed by atoms with van der Waals surface area (Å²) in [4.78, 5) is 13.4. The zero-order chi connectivity index (χ0) is 22.3. The van der Waals surface area contributed by atoms with Gasteiger partial charge < -0.3 is 20.4 Å². The molecule has 9 heteroatoms. The van der Waals surface area contributed by atoms with Gasteiger partial charge in [0, 0.05) is 64.9 Å². The number of aromatic nitrogens is 3. The normalized spacial score (nSPS) is 14.5. The zero-order valence-corrected chi connectivity index (χ0v) is 18.5. The number of guanidine groups is 1. The highest BCUT2D eigenvalue weighted by Crippen LogP contribution is 2.20. The largest absolute Gasteiger partial charge is 0.368 e. The van der Waals surface area contributed by atoms with E-state index in [4.69, 9.17) is 0 Å². The summed E-state index contributed by atoms with van der Waals surface area (Å²) in [5.74, 6) is 1.50. The minimum Gasteiger partial charge on any atom is -0.368 e. The van der Waals surface area contributed by atoms with Crippen LogP contribution in [0.25, 0.3) is 0 Å². The van der Waals surface area contributed by atoms with Crippen LogP contribution in [0, 0.1) is 5.82 Å². The summed E-state index contributed by atoms with van der Waals surface area (Å²) in [6, 6.07) is 12.8. The Hall–Kier alpha value is -3.62. The second-order valence-electron chi connectivity index (χ2n) is 7.70. The van der Waals surface area contributed by atoms with E-state index in [9.17, 15) is 4.39 Å². The van der Waals surface area contributed by atoms with Gasteiger partial charge in [0.15, 0.2) is 5.96 Å². The topological polar surface area (TPSA) is 73.6 Å². The third kappa shape index (κ3) is 5.35. The molecule has 0 aliphatic carbocycles. The lowest BCUT2D eigenvalue weighted by Crippen LogP contribution is -2.46. The average molecular weight is 437 g/mol. The van der Waals surface area contributed by atoms with E-state index in [1.54, 1.807) is 13.2 Å². The Labute approximate surface area is 187 Å². The maximum absolute atomic E-state index is 13.2. The summed E-state index contributed by atoms with van der Waals surface area (Å²) in [7, 11) is 3.68. The van der Waals surface area contributed by atoms with Gasteiger partial charge in [0.25, 0.3) is 0 Å². The molecule has 3 heterocycles. The van der Waals surface area contributed by atoms with E-state index in [-0.39, 0.29) is 5.82 Å². The van der Waals surface area contributed by atoms with E-state index in [1.165, 1.54) is 12.1 Å². The molecule has 0 amide bonds. The summed E-state index contributed by atoms with van der Waals surface area (Å²) in [5.41, 5.74) is 3.28. The van der Waals surface area contributed by atoms with Gasteiger partial charge >= 0.3 is 0 Å². The molecule has 2 N–H and O–H groups in total. The van der Waals surface area contributed by atoms with Crippen molar-refractivity contribution >= 4 is 17.5 Å². The van der Waals surface area contributed by atoms with Gasteiger partial charge in [-0.05, 0) is 48.0 Å². The van der Waals surface area contributed by atoms with E-state index >= 15 is 0 Å². The second-order valence-corrected chi connectivity index (χ2v) is 7.70. The van der Waals surface area contributed by atoms with Crippen LogP contribution in [-0.4, -0.2) is 54.0 Å². The number of benzene rings is 1. The number of anilines is 2. The van der Waals surface area contributed by atoms with E-state index in [1.807, 2.05) is 42.2 Å². The summed E-state index contributed by atoms with van der Waals surface area (Å²) in [6.45, 7) is 4.79. The number of halogens is 1. The summed E-state index contributed by atoms with van der Waals surface area (Å²) >= 11 is 0. The molecule has 0 radical (unpaired) electrons. The smallest absolute Gasteiger partial charge is 0.191 e. The fourth-order valence-corrected chi connectivity index (χ4v) is 3.74. The second kappa shape index (κ2) is 10.1.